The number of carbonyl (C=O) groups is 1. The van der Waals surface area contributed by atoms with Crippen molar-refractivity contribution in [3.05, 3.63) is 40.6 Å². The van der Waals surface area contributed by atoms with E-state index in [2.05, 4.69) is 12.0 Å². The molecular formula is C16H21N3O2. The number of likely N-dealkylation sites (tertiary alicyclic amines) is 1. The van der Waals surface area contributed by atoms with Crippen LogP contribution in [0.25, 0.3) is 0 Å². The minimum absolute atomic E-state index is 0.0114. The second kappa shape index (κ2) is 5.06. The van der Waals surface area contributed by atoms with Gasteiger partial charge in [-0.05, 0) is 39.7 Å². The Morgan fingerprint density at radius 2 is 2.14 bits per heavy atom. The molecule has 0 aliphatic carbocycles. The quantitative estimate of drug-likeness (QED) is 0.853. The third-order valence-corrected chi connectivity index (χ3v) is 4.47. The number of nitrogens with zero attached hydrogens (tertiary/aromatic N) is 3. The molecule has 3 heterocycles. The van der Waals surface area contributed by atoms with Gasteiger partial charge in [0.05, 0.1) is 18.0 Å². The lowest BCUT2D eigenvalue weighted by Gasteiger charge is -2.24. The van der Waals surface area contributed by atoms with Gasteiger partial charge in [-0.3, -0.25) is 9.48 Å². The van der Waals surface area contributed by atoms with Crippen molar-refractivity contribution in [2.45, 2.75) is 39.7 Å². The van der Waals surface area contributed by atoms with E-state index in [-0.39, 0.29) is 11.9 Å². The molecule has 0 bridgehead atoms. The molecule has 21 heavy (non-hydrogen) atoms. The van der Waals surface area contributed by atoms with Gasteiger partial charge in [-0.2, -0.15) is 5.10 Å². The zero-order valence-electron chi connectivity index (χ0n) is 13.0. The van der Waals surface area contributed by atoms with Crippen molar-refractivity contribution in [2.24, 2.45) is 7.05 Å². The molecule has 1 aliphatic rings. The Balaban J connectivity index is 1.96. The Morgan fingerprint density at radius 3 is 2.71 bits per heavy atom. The fraction of sp³-hybridized carbons (Fsp3) is 0.500. The molecule has 1 fully saturated rings. The van der Waals surface area contributed by atoms with Gasteiger partial charge < -0.3 is 9.32 Å². The van der Waals surface area contributed by atoms with Crippen molar-refractivity contribution >= 4 is 5.91 Å². The fourth-order valence-electron chi connectivity index (χ4n) is 3.30. The van der Waals surface area contributed by atoms with Gasteiger partial charge in [-0.1, -0.05) is 0 Å². The largest absolute Gasteiger partial charge is 0.459 e. The number of aryl methyl sites for hydroxylation is 3. The van der Waals surface area contributed by atoms with Crippen LogP contribution in [-0.2, 0) is 7.05 Å². The Labute approximate surface area is 124 Å². The third kappa shape index (κ3) is 2.17. The summed E-state index contributed by atoms with van der Waals surface area (Å²) < 4.78 is 7.27. The zero-order valence-corrected chi connectivity index (χ0v) is 13.0. The van der Waals surface area contributed by atoms with Crippen LogP contribution in [0.1, 0.15) is 52.0 Å². The van der Waals surface area contributed by atoms with E-state index >= 15 is 0 Å². The van der Waals surface area contributed by atoms with E-state index in [1.54, 1.807) is 6.26 Å². The van der Waals surface area contributed by atoms with E-state index in [0.717, 1.165) is 36.3 Å². The van der Waals surface area contributed by atoms with Gasteiger partial charge in [0, 0.05) is 30.4 Å². The monoisotopic (exact) mass is 287 g/mol. The molecule has 5 heteroatoms. The minimum Gasteiger partial charge on any atom is -0.459 e. The van der Waals surface area contributed by atoms with E-state index in [1.807, 2.05) is 36.5 Å². The van der Waals surface area contributed by atoms with Gasteiger partial charge in [-0.15, -0.1) is 0 Å². The van der Waals surface area contributed by atoms with Crippen molar-refractivity contribution in [3.8, 4) is 0 Å². The SMILES string of the molecule is Cc1ccoc1C(=O)N1CCC[C@H]1c1c(C)nn(C)c1C. The molecule has 5 nitrogen and oxygen atoms in total. The maximum absolute atomic E-state index is 12.7. The summed E-state index contributed by atoms with van der Waals surface area (Å²) in [5, 5.41) is 4.48. The van der Waals surface area contributed by atoms with Crippen LogP contribution in [0.4, 0.5) is 0 Å². The first kappa shape index (κ1) is 13.9. The van der Waals surface area contributed by atoms with Crippen LogP contribution < -0.4 is 0 Å². The normalized spacial score (nSPS) is 18.5. The highest BCUT2D eigenvalue weighted by Gasteiger charge is 2.35. The molecule has 1 aliphatic heterocycles. The molecule has 1 saturated heterocycles. The average molecular weight is 287 g/mol. The molecular weight excluding hydrogens is 266 g/mol. The Morgan fingerprint density at radius 1 is 1.38 bits per heavy atom. The second-order valence-corrected chi connectivity index (χ2v) is 5.80. The molecule has 112 valence electrons. The highest BCUT2D eigenvalue weighted by molar-refractivity contribution is 5.93. The average Bonchev–Trinajstić information content (AvgIpc) is 3.11. The third-order valence-electron chi connectivity index (χ3n) is 4.47. The summed E-state index contributed by atoms with van der Waals surface area (Å²) in [7, 11) is 1.95. The summed E-state index contributed by atoms with van der Waals surface area (Å²) in [6.07, 6.45) is 3.58. The number of hydrogen-bond acceptors (Lipinski definition) is 3. The standard InChI is InChI=1S/C16H21N3O2/c1-10-7-9-21-15(10)16(20)19-8-5-6-13(19)14-11(2)17-18(4)12(14)3/h7,9,13H,5-6,8H2,1-4H3/t13-/m0/s1. The molecule has 0 radical (unpaired) electrons. The highest BCUT2D eigenvalue weighted by atomic mass is 16.3. The van der Waals surface area contributed by atoms with Crippen molar-refractivity contribution < 1.29 is 9.21 Å². The molecule has 0 aromatic carbocycles. The van der Waals surface area contributed by atoms with E-state index < -0.39 is 0 Å². The first-order valence-corrected chi connectivity index (χ1v) is 7.36. The van der Waals surface area contributed by atoms with Crippen molar-refractivity contribution in [1.29, 1.82) is 0 Å². The van der Waals surface area contributed by atoms with E-state index in [0.29, 0.717) is 5.76 Å². The van der Waals surface area contributed by atoms with Crippen molar-refractivity contribution in [2.75, 3.05) is 6.54 Å². The van der Waals surface area contributed by atoms with E-state index in [9.17, 15) is 4.79 Å². The highest BCUT2D eigenvalue weighted by Crippen LogP contribution is 2.36. The first-order chi connectivity index (χ1) is 10.0. The van der Waals surface area contributed by atoms with Gasteiger partial charge in [0.1, 0.15) is 0 Å². The summed E-state index contributed by atoms with van der Waals surface area (Å²) in [6, 6.07) is 1.94. The summed E-state index contributed by atoms with van der Waals surface area (Å²) in [4.78, 5) is 14.7. The number of aromatic nitrogens is 2. The molecule has 0 spiro atoms. The van der Waals surface area contributed by atoms with Gasteiger partial charge in [0.15, 0.2) is 5.76 Å². The number of amides is 1. The molecule has 0 saturated carbocycles. The number of rotatable bonds is 2. The summed E-state index contributed by atoms with van der Waals surface area (Å²) in [5.41, 5.74) is 4.22. The van der Waals surface area contributed by atoms with Gasteiger partial charge >= 0.3 is 0 Å². The maximum Gasteiger partial charge on any atom is 0.290 e. The molecule has 1 atom stereocenters. The van der Waals surface area contributed by atoms with Crippen LogP contribution in [0.5, 0.6) is 0 Å². The smallest absolute Gasteiger partial charge is 0.290 e. The van der Waals surface area contributed by atoms with Gasteiger partial charge in [-0.25, -0.2) is 0 Å². The summed E-state index contributed by atoms with van der Waals surface area (Å²) in [5.74, 6) is 0.448. The topological polar surface area (TPSA) is 51.3 Å². The predicted octanol–water partition coefficient (Wildman–Crippen LogP) is 2.92. The van der Waals surface area contributed by atoms with Crippen LogP contribution in [0.15, 0.2) is 16.7 Å². The molecule has 0 N–H and O–H groups in total. The maximum atomic E-state index is 12.7. The van der Waals surface area contributed by atoms with Crippen LogP contribution >= 0.6 is 0 Å². The van der Waals surface area contributed by atoms with Crippen LogP contribution in [0.2, 0.25) is 0 Å². The second-order valence-electron chi connectivity index (χ2n) is 5.80. The lowest BCUT2D eigenvalue weighted by atomic mass is 10.0. The molecule has 1 amide bonds. The lowest BCUT2D eigenvalue weighted by molar-refractivity contribution is 0.0701. The molecule has 2 aromatic heterocycles. The summed E-state index contributed by atoms with van der Waals surface area (Å²) in [6.45, 7) is 6.76. The van der Waals surface area contributed by atoms with Crippen molar-refractivity contribution in [1.82, 2.24) is 14.7 Å². The lowest BCUT2D eigenvalue weighted by Crippen LogP contribution is -2.31. The Kier molecular flexibility index (Phi) is 3.35. The van der Waals surface area contributed by atoms with Gasteiger partial charge in [0.25, 0.3) is 5.91 Å². The summed E-state index contributed by atoms with van der Waals surface area (Å²) >= 11 is 0. The molecule has 2 aromatic rings. The Bertz CT molecular complexity index is 684. The predicted molar refractivity (Wildman–Crippen MR) is 79.1 cm³/mol. The molecule has 0 unspecified atom stereocenters. The van der Waals surface area contributed by atoms with Crippen LogP contribution in [0, 0.1) is 20.8 Å². The number of furan rings is 1. The van der Waals surface area contributed by atoms with E-state index in [1.165, 1.54) is 5.56 Å². The minimum atomic E-state index is -0.0114. The molecule has 3 rings (SSSR count). The number of hydrogen-bond donors (Lipinski definition) is 0. The zero-order chi connectivity index (χ0) is 15.1. The number of carbonyl (C=O) groups excluding carboxylic acids is 1. The fourth-order valence-corrected chi connectivity index (χ4v) is 3.30. The van der Waals surface area contributed by atoms with Gasteiger partial charge in [0.2, 0.25) is 0 Å². The van der Waals surface area contributed by atoms with E-state index in [4.69, 9.17) is 4.42 Å². The van der Waals surface area contributed by atoms with Crippen molar-refractivity contribution in [3.63, 3.8) is 0 Å². The van der Waals surface area contributed by atoms with Crippen LogP contribution in [0.3, 0.4) is 0 Å². The first-order valence-electron chi connectivity index (χ1n) is 7.36. The Hall–Kier alpha value is -2.04. The van der Waals surface area contributed by atoms with Crippen LogP contribution in [-0.4, -0.2) is 27.1 Å².